The Morgan fingerprint density at radius 3 is 2.35 bits per heavy atom. The van der Waals surface area contributed by atoms with E-state index < -0.39 is 11.8 Å². The number of phenols is 1. The van der Waals surface area contributed by atoms with Gasteiger partial charge in [-0.15, -0.1) is 11.3 Å². The number of aromatic carboxylic acids is 1. The summed E-state index contributed by atoms with van der Waals surface area (Å²) in [6.07, 6.45) is 0. The number of halogens is 2. The van der Waals surface area contributed by atoms with Gasteiger partial charge < -0.3 is 10.2 Å². The second kappa shape index (κ2) is 6.02. The molecule has 0 aliphatic carbocycles. The zero-order valence-corrected chi connectivity index (χ0v) is 13.2. The van der Waals surface area contributed by atoms with E-state index in [1.165, 1.54) is 30.3 Å². The summed E-state index contributed by atoms with van der Waals surface area (Å²) in [5.41, 5.74) is 1.97. The number of benzene rings is 2. The monoisotopic (exact) mass is 348 g/mol. The minimum atomic E-state index is -1.04. The molecule has 3 nitrogen and oxygen atoms in total. The summed E-state index contributed by atoms with van der Waals surface area (Å²) in [5.74, 6) is -1.39. The van der Waals surface area contributed by atoms with Crippen molar-refractivity contribution in [2.75, 3.05) is 0 Å². The predicted octanol–water partition coefficient (Wildman–Crippen LogP) is 5.28. The minimum absolute atomic E-state index is 0.115. The number of carboxylic acid groups (broad SMARTS) is 1. The van der Waals surface area contributed by atoms with Crippen molar-refractivity contribution in [2.24, 2.45) is 0 Å². The molecule has 0 saturated carbocycles. The van der Waals surface area contributed by atoms with E-state index >= 15 is 0 Å². The molecule has 0 saturated heterocycles. The zero-order chi connectivity index (χ0) is 16.6. The van der Waals surface area contributed by atoms with Crippen molar-refractivity contribution >= 4 is 28.9 Å². The van der Waals surface area contributed by atoms with Gasteiger partial charge in [-0.3, -0.25) is 0 Å². The highest BCUT2D eigenvalue weighted by Crippen LogP contribution is 2.42. The first-order valence-electron chi connectivity index (χ1n) is 6.57. The van der Waals surface area contributed by atoms with Crippen molar-refractivity contribution in [3.05, 3.63) is 64.2 Å². The largest absolute Gasteiger partial charge is 0.508 e. The second-order valence-corrected chi connectivity index (χ2v) is 6.29. The van der Waals surface area contributed by atoms with Crippen LogP contribution in [0.5, 0.6) is 5.75 Å². The van der Waals surface area contributed by atoms with Crippen LogP contribution in [-0.4, -0.2) is 16.2 Å². The minimum Gasteiger partial charge on any atom is -0.508 e. The van der Waals surface area contributed by atoms with Crippen molar-refractivity contribution in [1.82, 2.24) is 0 Å². The Kier molecular flexibility index (Phi) is 4.07. The Balaban J connectivity index is 2.22. The van der Waals surface area contributed by atoms with E-state index in [4.69, 9.17) is 11.6 Å². The lowest BCUT2D eigenvalue weighted by molar-refractivity contribution is 0.0702. The lowest BCUT2D eigenvalue weighted by Crippen LogP contribution is -1.89. The zero-order valence-electron chi connectivity index (χ0n) is 11.6. The fourth-order valence-electron chi connectivity index (χ4n) is 2.23. The van der Waals surface area contributed by atoms with E-state index in [1.807, 2.05) is 0 Å². The van der Waals surface area contributed by atoms with Crippen LogP contribution in [-0.2, 0) is 0 Å². The number of phenolic OH excluding ortho intramolecular Hbond substituents is 1. The van der Waals surface area contributed by atoms with Crippen molar-refractivity contribution in [3.8, 4) is 27.3 Å². The third-order valence-corrected chi connectivity index (χ3v) is 4.77. The summed E-state index contributed by atoms with van der Waals surface area (Å²) in [4.78, 5) is 12.1. The van der Waals surface area contributed by atoms with Gasteiger partial charge in [0.25, 0.3) is 0 Å². The lowest BCUT2D eigenvalue weighted by Gasteiger charge is -2.06. The maximum atomic E-state index is 13.3. The molecule has 0 atom stereocenters. The van der Waals surface area contributed by atoms with Gasteiger partial charge in [0, 0.05) is 16.0 Å². The van der Waals surface area contributed by atoms with Crippen molar-refractivity contribution in [2.45, 2.75) is 0 Å². The van der Waals surface area contributed by atoms with Gasteiger partial charge in [0.05, 0.1) is 5.02 Å². The topological polar surface area (TPSA) is 57.5 Å². The molecule has 6 heteroatoms. The average molecular weight is 349 g/mol. The summed E-state index contributed by atoms with van der Waals surface area (Å²) in [5, 5.41) is 18.9. The molecule has 23 heavy (non-hydrogen) atoms. The summed E-state index contributed by atoms with van der Waals surface area (Å²) < 4.78 is 13.3. The molecule has 3 rings (SSSR count). The average Bonchev–Trinajstić information content (AvgIpc) is 2.93. The Labute approximate surface area is 140 Å². The number of carbonyl (C=O) groups is 1. The van der Waals surface area contributed by atoms with Gasteiger partial charge in [0.15, 0.2) is 0 Å². The Bertz CT molecular complexity index is 887. The third kappa shape index (κ3) is 3.06. The van der Waals surface area contributed by atoms with E-state index in [2.05, 4.69) is 0 Å². The highest BCUT2D eigenvalue weighted by atomic mass is 35.5. The maximum absolute atomic E-state index is 13.3. The molecule has 0 aliphatic heterocycles. The van der Waals surface area contributed by atoms with Gasteiger partial charge in [-0.25, -0.2) is 9.18 Å². The highest BCUT2D eigenvalue weighted by Gasteiger charge is 2.18. The van der Waals surface area contributed by atoms with Gasteiger partial charge in [-0.1, -0.05) is 23.7 Å². The summed E-state index contributed by atoms with van der Waals surface area (Å²) in [6, 6.07) is 12.0. The molecule has 0 spiro atoms. The normalized spacial score (nSPS) is 10.7. The lowest BCUT2D eigenvalue weighted by atomic mass is 10.0. The molecule has 0 radical (unpaired) electrons. The third-order valence-electron chi connectivity index (χ3n) is 3.30. The quantitative estimate of drug-likeness (QED) is 0.677. The van der Waals surface area contributed by atoms with Gasteiger partial charge in [-0.05, 0) is 42.0 Å². The van der Waals surface area contributed by atoms with Crippen LogP contribution >= 0.6 is 22.9 Å². The molecule has 0 unspecified atom stereocenters. The van der Waals surface area contributed by atoms with E-state index in [9.17, 15) is 19.4 Å². The van der Waals surface area contributed by atoms with Crippen molar-refractivity contribution < 1.29 is 19.4 Å². The van der Waals surface area contributed by atoms with Crippen LogP contribution < -0.4 is 0 Å². The molecule has 0 fully saturated rings. The van der Waals surface area contributed by atoms with Gasteiger partial charge in [0.2, 0.25) is 0 Å². The molecule has 0 aliphatic rings. The van der Waals surface area contributed by atoms with Gasteiger partial charge in [0.1, 0.15) is 16.4 Å². The van der Waals surface area contributed by atoms with E-state index in [-0.39, 0.29) is 15.6 Å². The molecular weight excluding hydrogens is 339 g/mol. The smallest absolute Gasteiger partial charge is 0.345 e. The maximum Gasteiger partial charge on any atom is 0.345 e. The molecule has 3 aromatic rings. The second-order valence-electron chi connectivity index (χ2n) is 4.83. The SMILES string of the molecule is O=C(O)c1cc(-c2ccc(O)cc2)c(-c2ccc(F)cc2Cl)s1. The van der Waals surface area contributed by atoms with Gasteiger partial charge in [-0.2, -0.15) is 0 Å². The number of hydrogen-bond donors (Lipinski definition) is 2. The predicted molar refractivity (Wildman–Crippen MR) is 88.8 cm³/mol. The van der Waals surface area contributed by atoms with Crippen LogP contribution in [0.4, 0.5) is 4.39 Å². The molecule has 2 aromatic carbocycles. The van der Waals surface area contributed by atoms with Crippen LogP contribution in [0.2, 0.25) is 5.02 Å². The molecule has 2 N–H and O–H groups in total. The number of rotatable bonds is 3. The van der Waals surface area contributed by atoms with Crippen LogP contribution in [0.25, 0.3) is 21.6 Å². The fraction of sp³-hybridized carbons (Fsp3) is 0. The highest BCUT2D eigenvalue weighted by molar-refractivity contribution is 7.18. The molecule has 0 amide bonds. The first-order chi connectivity index (χ1) is 11.0. The van der Waals surface area contributed by atoms with Crippen molar-refractivity contribution in [1.29, 1.82) is 0 Å². The number of thiophene rings is 1. The van der Waals surface area contributed by atoms with E-state index in [0.717, 1.165) is 16.9 Å². The van der Waals surface area contributed by atoms with Crippen LogP contribution in [0, 0.1) is 5.82 Å². The first-order valence-corrected chi connectivity index (χ1v) is 7.77. The van der Waals surface area contributed by atoms with Crippen LogP contribution in [0.15, 0.2) is 48.5 Å². The molecule has 116 valence electrons. The van der Waals surface area contributed by atoms with Crippen LogP contribution in [0.3, 0.4) is 0 Å². The Hall–Kier alpha value is -2.37. The summed E-state index contributed by atoms with van der Waals surface area (Å²) in [7, 11) is 0. The van der Waals surface area contributed by atoms with E-state index in [1.54, 1.807) is 18.2 Å². The van der Waals surface area contributed by atoms with Crippen LogP contribution in [0.1, 0.15) is 9.67 Å². The molecular formula is C17H10ClFO3S. The molecule has 0 bridgehead atoms. The number of carboxylic acids is 1. The fourth-order valence-corrected chi connectivity index (χ4v) is 3.60. The summed E-state index contributed by atoms with van der Waals surface area (Å²) in [6.45, 7) is 0. The molecule has 1 aromatic heterocycles. The first kappa shape index (κ1) is 15.5. The summed E-state index contributed by atoms with van der Waals surface area (Å²) >= 11 is 7.19. The number of hydrogen-bond acceptors (Lipinski definition) is 3. The number of aromatic hydroxyl groups is 1. The van der Waals surface area contributed by atoms with Gasteiger partial charge >= 0.3 is 5.97 Å². The van der Waals surface area contributed by atoms with E-state index in [0.29, 0.717) is 16.0 Å². The van der Waals surface area contributed by atoms with Crippen molar-refractivity contribution in [3.63, 3.8) is 0 Å². The molecule has 1 heterocycles. The Morgan fingerprint density at radius 1 is 1.04 bits per heavy atom. The Morgan fingerprint density at radius 2 is 1.74 bits per heavy atom. The standard InChI is InChI=1S/C17H10ClFO3S/c18-14-7-10(19)3-6-12(14)16-13(8-15(23-16)17(21)22)9-1-4-11(20)5-2-9/h1-8,20H,(H,21,22).